The monoisotopic (exact) mass is 441 g/mol. The van der Waals surface area contributed by atoms with Gasteiger partial charge >= 0.3 is 0 Å². The SMILES string of the molecule is COc1ccc(C(C)N2C3CCC2CC(NC(=O)c2cc(C)nc(Cl)c2)C3)c(C)c1C. The van der Waals surface area contributed by atoms with E-state index in [1.807, 2.05) is 6.92 Å². The Kier molecular flexibility index (Phi) is 6.27. The van der Waals surface area contributed by atoms with Crippen LogP contribution in [-0.2, 0) is 0 Å². The van der Waals surface area contributed by atoms with Crippen LogP contribution in [0.4, 0.5) is 0 Å². The van der Waals surface area contributed by atoms with Crippen LogP contribution in [0.15, 0.2) is 24.3 Å². The van der Waals surface area contributed by atoms with Crippen LogP contribution in [0.2, 0.25) is 5.15 Å². The second kappa shape index (κ2) is 8.79. The molecule has 0 saturated carbocycles. The van der Waals surface area contributed by atoms with Crippen molar-refractivity contribution in [3.05, 3.63) is 57.4 Å². The van der Waals surface area contributed by atoms with Gasteiger partial charge in [-0.15, -0.1) is 0 Å². The van der Waals surface area contributed by atoms with Crippen LogP contribution in [0.5, 0.6) is 5.75 Å². The molecule has 2 aliphatic heterocycles. The summed E-state index contributed by atoms with van der Waals surface area (Å²) in [5.74, 6) is 0.893. The number of hydrogen-bond donors (Lipinski definition) is 1. The number of methoxy groups -OCH3 is 1. The number of fused-ring (bicyclic) bond motifs is 2. The summed E-state index contributed by atoms with van der Waals surface area (Å²) >= 11 is 6.04. The maximum absolute atomic E-state index is 12.8. The summed E-state index contributed by atoms with van der Waals surface area (Å²) in [6, 6.07) is 9.26. The van der Waals surface area contributed by atoms with E-state index >= 15 is 0 Å². The molecule has 3 unspecified atom stereocenters. The predicted octanol–water partition coefficient (Wildman–Crippen LogP) is 5.16. The smallest absolute Gasteiger partial charge is 0.251 e. The number of aromatic nitrogens is 1. The molecular weight excluding hydrogens is 410 g/mol. The van der Waals surface area contributed by atoms with Crippen molar-refractivity contribution in [3.8, 4) is 5.75 Å². The molecule has 1 amide bonds. The highest BCUT2D eigenvalue weighted by Gasteiger charge is 2.43. The number of nitrogens with one attached hydrogen (secondary N) is 1. The molecular formula is C25H32ClN3O2. The quantitative estimate of drug-likeness (QED) is 0.651. The van der Waals surface area contributed by atoms with E-state index < -0.39 is 0 Å². The first kappa shape index (κ1) is 22.1. The fourth-order valence-corrected chi connectivity index (χ4v) is 5.89. The van der Waals surface area contributed by atoms with E-state index in [2.05, 4.69) is 48.1 Å². The molecule has 2 aliphatic rings. The van der Waals surface area contributed by atoms with Crippen molar-refractivity contribution in [2.45, 2.75) is 77.5 Å². The zero-order valence-electron chi connectivity index (χ0n) is 19.0. The summed E-state index contributed by atoms with van der Waals surface area (Å²) in [4.78, 5) is 19.6. The number of ether oxygens (including phenoxy) is 1. The van der Waals surface area contributed by atoms with E-state index in [9.17, 15) is 4.79 Å². The average Bonchev–Trinajstić information content (AvgIpc) is 2.99. The van der Waals surface area contributed by atoms with Gasteiger partial charge in [-0.1, -0.05) is 17.7 Å². The number of aryl methyl sites for hydroxylation is 1. The highest BCUT2D eigenvalue weighted by atomic mass is 35.5. The van der Waals surface area contributed by atoms with Crippen molar-refractivity contribution in [2.75, 3.05) is 7.11 Å². The zero-order valence-corrected chi connectivity index (χ0v) is 19.8. The van der Waals surface area contributed by atoms with E-state index in [1.54, 1.807) is 19.2 Å². The molecule has 1 aromatic heterocycles. The zero-order chi connectivity index (χ0) is 22.3. The van der Waals surface area contributed by atoms with Crippen molar-refractivity contribution in [1.82, 2.24) is 15.2 Å². The lowest BCUT2D eigenvalue weighted by atomic mass is 9.91. The number of nitrogens with zero attached hydrogens (tertiary/aromatic N) is 2. The third-order valence-corrected chi connectivity index (χ3v) is 7.40. The Bertz CT molecular complexity index is 959. The average molecular weight is 442 g/mol. The highest BCUT2D eigenvalue weighted by Crippen LogP contribution is 2.43. The Hall–Kier alpha value is -2.11. The second-order valence-corrected chi connectivity index (χ2v) is 9.46. The first-order valence-corrected chi connectivity index (χ1v) is 11.5. The number of carbonyl (C=O) groups is 1. The van der Waals surface area contributed by atoms with Crippen LogP contribution in [0.1, 0.15) is 71.4 Å². The number of benzene rings is 1. The molecule has 1 N–H and O–H groups in total. The van der Waals surface area contributed by atoms with Crippen molar-refractivity contribution in [2.24, 2.45) is 0 Å². The minimum absolute atomic E-state index is 0.0556. The summed E-state index contributed by atoms with van der Waals surface area (Å²) in [5.41, 5.74) is 5.25. The molecule has 5 nitrogen and oxygen atoms in total. The molecule has 0 aliphatic carbocycles. The number of rotatable bonds is 5. The molecule has 2 saturated heterocycles. The number of amides is 1. The van der Waals surface area contributed by atoms with Crippen LogP contribution in [0.25, 0.3) is 0 Å². The topological polar surface area (TPSA) is 54.5 Å². The first-order chi connectivity index (χ1) is 14.8. The van der Waals surface area contributed by atoms with E-state index in [-0.39, 0.29) is 11.9 Å². The van der Waals surface area contributed by atoms with Crippen molar-refractivity contribution >= 4 is 17.5 Å². The number of piperidine rings is 1. The number of halogens is 1. The fourth-order valence-electron chi connectivity index (χ4n) is 5.64. The molecule has 3 atom stereocenters. The maximum atomic E-state index is 12.8. The Morgan fingerprint density at radius 2 is 1.84 bits per heavy atom. The standard InChI is InChI=1S/C25H32ClN3O2/c1-14-10-18(11-24(26)27-14)25(30)28-19-12-20-6-7-21(13-19)29(20)17(4)22-8-9-23(31-5)16(3)15(22)2/h8-11,17,19-21H,6-7,12-13H2,1-5H3,(H,28,30). The fraction of sp³-hybridized carbons (Fsp3) is 0.520. The Balaban J connectivity index is 1.47. The van der Waals surface area contributed by atoms with Gasteiger partial charge in [0.1, 0.15) is 10.9 Å². The Labute approximate surface area is 190 Å². The predicted molar refractivity (Wildman–Crippen MR) is 124 cm³/mol. The minimum Gasteiger partial charge on any atom is -0.496 e. The van der Waals surface area contributed by atoms with E-state index in [4.69, 9.17) is 16.3 Å². The Morgan fingerprint density at radius 3 is 2.45 bits per heavy atom. The van der Waals surface area contributed by atoms with Gasteiger partial charge in [-0.3, -0.25) is 9.69 Å². The Morgan fingerprint density at radius 1 is 1.16 bits per heavy atom. The number of pyridine rings is 1. The second-order valence-electron chi connectivity index (χ2n) is 9.08. The minimum atomic E-state index is -0.0556. The van der Waals surface area contributed by atoms with E-state index in [0.29, 0.717) is 28.8 Å². The van der Waals surface area contributed by atoms with Gasteiger partial charge in [-0.25, -0.2) is 4.98 Å². The normalized spacial score (nSPS) is 24.1. The van der Waals surface area contributed by atoms with Crippen LogP contribution in [-0.4, -0.2) is 41.0 Å². The van der Waals surface area contributed by atoms with E-state index in [1.165, 1.54) is 29.5 Å². The molecule has 31 heavy (non-hydrogen) atoms. The van der Waals surface area contributed by atoms with Gasteiger partial charge in [0.05, 0.1) is 7.11 Å². The van der Waals surface area contributed by atoms with Gasteiger partial charge in [0.25, 0.3) is 5.91 Å². The van der Waals surface area contributed by atoms with Crippen molar-refractivity contribution in [3.63, 3.8) is 0 Å². The highest BCUT2D eigenvalue weighted by molar-refractivity contribution is 6.29. The first-order valence-electron chi connectivity index (χ1n) is 11.1. The molecule has 0 spiro atoms. The number of hydrogen-bond acceptors (Lipinski definition) is 4. The summed E-state index contributed by atoms with van der Waals surface area (Å²) in [7, 11) is 1.73. The van der Waals surface area contributed by atoms with Gasteiger partial charge in [-0.05, 0) is 88.3 Å². The summed E-state index contributed by atoms with van der Waals surface area (Å²) in [5, 5.41) is 3.62. The van der Waals surface area contributed by atoms with Gasteiger partial charge in [0.15, 0.2) is 0 Å². The number of carbonyl (C=O) groups excluding carboxylic acids is 1. The van der Waals surface area contributed by atoms with Crippen LogP contribution in [0, 0.1) is 20.8 Å². The molecule has 6 heteroatoms. The summed E-state index contributed by atoms with van der Waals surface area (Å²) in [6.45, 7) is 8.50. The van der Waals surface area contributed by atoms with Crippen LogP contribution < -0.4 is 10.1 Å². The third-order valence-electron chi connectivity index (χ3n) is 7.21. The maximum Gasteiger partial charge on any atom is 0.251 e. The van der Waals surface area contributed by atoms with Gasteiger partial charge in [0, 0.05) is 35.4 Å². The van der Waals surface area contributed by atoms with E-state index in [0.717, 1.165) is 24.3 Å². The summed E-state index contributed by atoms with van der Waals surface area (Å²) in [6.07, 6.45) is 4.35. The lowest BCUT2D eigenvalue weighted by Gasteiger charge is -2.43. The van der Waals surface area contributed by atoms with Crippen LogP contribution >= 0.6 is 11.6 Å². The van der Waals surface area contributed by atoms with Crippen LogP contribution in [0.3, 0.4) is 0 Å². The lowest BCUT2D eigenvalue weighted by Crippen LogP contribution is -2.51. The van der Waals surface area contributed by atoms with Gasteiger partial charge < -0.3 is 10.1 Å². The molecule has 166 valence electrons. The van der Waals surface area contributed by atoms with Gasteiger partial charge in [0.2, 0.25) is 0 Å². The molecule has 4 rings (SSSR count). The largest absolute Gasteiger partial charge is 0.496 e. The van der Waals surface area contributed by atoms with Crippen molar-refractivity contribution < 1.29 is 9.53 Å². The summed E-state index contributed by atoms with van der Waals surface area (Å²) < 4.78 is 5.50. The van der Waals surface area contributed by atoms with Gasteiger partial charge in [-0.2, -0.15) is 0 Å². The molecule has 0 radical (unpaired) electrons. The molecule has 2 fully saturated rings. The molecule has 3 heterocycles. The van der Waals surface area contributed by atoms with Crippen molar-refractivity contribution in [1.29, 1.82) is 0 Å². The molecule has 2 aromatic rings. The lowest BCUT2D eigenvalue weighted by molar-refractivity contribution is 0.0689. The third kappa shape index (κ3) is 4.31. The molecule has 2 bridgehead atoms. The molecule has 1 aromatic carbocycles.